The molecule has 1 atom stereocenters. The van der Waals surface area contributed by atoms with Crippen LogP contribution in [0.1, 0.15) is 38.2 Å². The lowest BCUT2D eigenvalue weighted by Crippen LogP contribution is -2.51. The lowest BCUT2D eigenvalue weighted by Gasteiger charge is -2.34. The molecule has 0 saturated carbocycles. The molecule has 4 rings (SSSR count). The number of nitrogens with one attached hydrogen (secondary N) is 1. The Bertz CT molecular complexity index is 984. The normalized spacial score (nSPS) is 18.7. The van der Waals surface area contributed by atoms with Gasteiger partial charge in [-0.05, 0) is 49.1 Å². The zero-order valence-corrected chi connectivity index (χ0v) is 19.2. The van der Waals surface area contributed by atoms with Crippen molar-refractivity contribution < 1.29 is 14.4 Å². The molecule has 6 nitrogen and oxygen atoms in total. The predicted octanol–water partition coefficient (Wildman–Crippen LogP) is 4.10. The highest BCUT2D eigenvalue weighted by Gasteiger charge is 2.40. The van der Waals surface area contributed by atoms with Gasteiger partial charge in [0.25, 0.3) is 5.91 Å². The van der Waals surface area contributed by atoms with Crippen molar-refractivity contribution in [2.45, 2.75) is 49.2 Å². The summed E-state index contributed by atoms with van der Waals surface area (Å²) >= 11 is 1.30. The maximum Gasteiger partial charge on any atom is 0.250 e. The average Bonchev–Trinajstić information content (AvgIpc) is 3.10. The monoisotopic (exact) mass is 451 g/mol. The number of aryl methyl sites for hydroxylation is 1. The van der Waals surface area contributed by atoms with Crippen molar-refractivity contribution in [2.75, 3.05) is 29.9 Å². The summed E-state index contributed by atoms with van der Waals surface area (Å²) in [6.45, 7) is 3.34. The Balaban J connectivity index is 1.52. The van der Waals surface area contributed by atoms with Crippen LogP contribution in [-0.4, -0.2) is 47.5 Å². The molecule has 168 valence electrons. The van der Waals surface area contributed by atoms with Crippen molar-refractivity contribution in [2.24, 2.45) is 0 Å². The topological polar surface area (TPSA) is 69.7 Å². The molecule has 0 aromatic heterocycles. The summed E-state index contributed by atoms with van der Waals surface area (Å²) in [6, 6.07) is 15.2. The van der Waals surface area contributed by atoms with Gasteiger partial charge in [0.05, 0.1) is 5.69 Å². The summed E-state index contributed by atoms with van der Waals surface area (Å²) in [5.74, 6) is -0.748. The molecular weight excluding hydrogens is 422 g/mol. The predicted molar refractivity (Wildman–Crippen MR) is 128 cm³/mol. The molecule has 3 amide bonds. The van der Waals surface area contributed by atoms with Gasteiger partial charge in [-0.25, -0.2) is 0 Å². The lowest BCUT2D eigenvalue weighted by atomic mass is 10.1. The molecule has 2 aromatic rings. The molecule has 0 bridgehead atoms. The van der Waals surface area contributed by atoms with Crippen LogP contribution in [0.3, 0.4) is 0 Å². The highest BCUT2D eigenvalue weighted by Crippen LogP contribution is 2.39. The van der Waals surface area contributed by atoms with E-state index in [1.165, 1.54) is 22.2 Å². The van der Waals surface area contributed by atoms with Crippen LogP contribution in [0.4, 0.5) is 11.4 Å². The highest BCUT2D eigenvalue weighted by atomic mass is 32.2. The Hall–Kier alpha value is -2.80. The summed E-state index contributed by atoms with van der Waals surface area (Å²) in [5, 5.41) is 2.03. The number of benzene rings is 2. The third-order valence-corrected chi connectivity index (χ3v) is 7.22. The van der Waals surface area contributed by atoms with Crippen LogP contribution in [0.2, 0.25) is 0 Å². The van der Waals surface area contributed by atoms with Gasteiger partial charge < -0.3 is 15.1 Å². The van der Waals surface area contributed by atoms with Crippen LogP contribution in [0.25, 0.3) is 0 Å². The summed E-state index contributed by atoms with van der Waals surface area (Å²) in [4.78, 5) is 43.6. The second-order valence-corrected chi connectivity index (χ2v) is 9.38. The zero-order valence-electron chi connectivity index (χ0n) is 18.4. The number of hydrogen-bond donors (Lipinski definition) is 1. The third-order valence-electron chi connectivity index (χ3n) is 5.98. The fourth-order valence-corrected chi connectivity index (χ4v) is 5.35. The van der Waals surface area contributed by atoms with Crippen molar-refractivity contribution in [3.63, 3.8) is 0 Å². The number of carbonyl (C=O) groups is 3. The Morgan fingerprint density at radius 1 is 1.00 bits per heavy atom. The average molecular weight is 452 g/mol. The fourth-order valence-electron chi connectivity index (χ4n) is 4.16. The minimum Gasteiger partial charge on any atom is -0.341 e. The molecular formula is C25H29N3O3S. The van der Waals surface area contributed by atoms with Crippen molar-refractivity contribution >= 4 is 40.9 Å². The molecule has 2 heterocycles. The van der Waals surface area contributed by atoms with Gasteiger partial charge in [0.15, 0.2) is 5.25 Å². The number of nitrogens with zero attached hydrogens (tertiary/aromatic N) is 2. The van der Waals surface area contributed by atoms with E-state index in [0.717, 1.165) is 37.0 Å². The first-order valence-corrected chi connectivity index (χ1v) is 12.2. The smallest absolute Gasteiger partial charge is 0.250 e. The van der Waals surface area contributed by atoms with E-state index in [1.807, 2.05) is 53.4 Å². The first-order chi connectivity index (χ1) is 15.6. The second kappa shape index (κ2) is 10.2. The summed E-state index contributed by atoms with van der Waals surface area (Å²) < 4.78 is 0. The van der Waals surface area contributed by atoms with Crippen molar-refractivity contribution in [1.82, 2.24) is 4.90 Å². The molecule has 1 saturated heterocycles. The SMILES string of the molecule is CCc1ccc(NC(=O)CN2C(=O)[C@@H](C(=O)N3CCCCCC3)Sc3ccccc32)cc1. The van der Waals surface area contributed by atoms with E-state index in [4.69, 9.17) is 0 Å². The van der Waals surface area contributed by atoms with Crippen molar-refractivity contribution in [3.05, 3.63) is 54.1 Å². The molecule has 0 aliphatic carbocycles. The number of rotatable bonds is 5. The molecule has 32 heavy (non-hydrogen) atoms. The van der Waals surface area contributed by atoms with E-state index in [2.05, 4.69) is 12.2 Å². The molecule has 2 aromatic carbocycles. The van der Waals surface area contributed by atoms with Gasteiger partial charge in [-0.3, -0.25) is 14.4 Å². The van der Waals surface area contributed by atoms with E-state index in [0.29, 0.717) is 24.5 Å². The highest BCUT2D eigenvalue weighted by molar-refractivity contribution is 8.01. The van der Waals surface area contributed by atoms with Crippen molar-refractivity contribution in [3.8, 4) is 0 Å². The Morgan fingerprint density at radius 3 is 2.38 bits per heavy atom. The third kappa shape index (κ3) is 4.99. The van der Waals surface area contributed by atoms with Crippen LogP contribution < -0.4 is 10.2 Å². The van der Waals surface area contributed by atoms with Gasteiger partial charge in [-0.2, -0.15) is 0 Å². The van der Waals surface area contributed by atoms with Crippen molar-refractivity contribution in [1.29, 1.82) is 0 Å². The van der Waals surface area contributed by atoms with Gasteiger partial charge >= 0.3 is 0 Å². The summed E-state index contributed by atoms with van der Waals surface area (Å²) in [7, 11) is 0. The first-order valence-electron chi connectivity index (χ1n) is 11.3. The van der Waals surface area contributed by atoms with E-state index >= 15 is 0 Å². The number of fused-ring (bicyclic) bond motifs is 1. The van der Waals surface area contributed by atoms with Crippen LogP contribution >= 0.6 is 11.8 Å². The van der Waals surface area contributed by atoms with Crippen LogP contribution in [0, 0.1) is 0 Å². The molecule has 0 radical (unpaired) electrons. The number of anilines is 2. The molecule has 7 heteroatoms. The molecule has 2 aliphatic heterocycles. The van der Waals surface area contributed by atoms with Gasteiger partial charge in [0, 0.05) is 23.7 Å². The van der Waals surface area contributed by atoms with E-state index < -0.39 is 5.25 Å². The first kappa shape index (κ1) is 22.4. The maximum absolute atomic E-state index is 13.4. The maximum atomic E-state index is 13.4. The molecule has 2 aliphatic rings. The van der Waals surface area contributed by atoms with E-state index in [1.54, 1.807) is 0 Å². The quantitative estimate of drug-likeness (QED) is 0.695. The molecule has 1 N–H and O–H groups in total. The van der Waals surface area contributed by atoms with Gasteiger partial charge in [-0.1, -0.05) is 44.0 Å². The van der Waals surface area contributed by atoms with Gasteiger partial charge in [0.2, 0.25) is 11.8 Å². The number of likely N-dealkylation sites (tertiary alicyclic amines) is 1. The summed E-state index contributed by atoms with van der Waals surface area (Å²) in [6.07, 6.45) is 5.10. The second-order valence-electron chi connectivity index (χ2n) is 8.23. The number of carbonyl (C=O) groups excluding carboxylic acids is 3. The number of hydrogen-bond acceptors (Lipinski definition) is 4. The van der Waals surface area contributed by atoms with Crippen LogP contribution in [0.15, 0.2) is 53.4 Å². The lowest BCUT2D eigenvalue weighted by molar-refractivity contribution is -0.135. The number of thioether (sulfide) groups is 1. The standard InChI is InChI=1S/C25H29N3O3S/c1-2-18-11-13-19(14-12-18)26-22(29)17-28-20-9-5-6-10-21(20)32-23(25(28)31)24(30)27-15-7-3-4-8-16-27/h5-6,9-14,23H,2-4,7-8,15-17H2,1H3,(H,26,29)/t23-/m1/s1. The Morgan fingerprint density at radius 2 is 1.69 bits per heavy atom. The minimum atomic E-state index is -0.848. The molecule has 0 spiro atoms. The van der Waals surface area contributed by atoms with Crippen LogP contribution in [0.5, 0.6) is 0 Å². The number of amides is 3. The molecule has 0 unspecified atom stereocenters. The summed E-state index contributed by atoms with van der Waals surface area (Å²) in [5.41, 5.74) is 2.56. The van der Waals surface area contributed by atoms with Crippen LogP contribution in [-0.2, 0) is 20.8 Å². The zero-order chi connectivity index (χ0) is 22.5. The Kier molecular flexibility index (Phi) is 7.15. The largest absolute Gasteiger partial charge is 0.341 e. The molecule has 1 fully saturated rings. The van der Waals surface area contributed by atoms with Gasteiger partial charge in [0.1, 0.15) is 6.54 Å². The number of para-hydroxylation sites is 1. The van der Waals surface area contributed by atoms with Gasteiger partial charge in [-0.15, -0.1) is 11.8 Å². The van der Waals surface area contributed by atoms with E-state index in [-0.39, 0.29) is 24.3 Å². The Labute approximate surface area is 193 Å². The fraction of sp³-hybridized carbons (Fsp3) is 0.400. The minimum absolute atomic E-state index is 0.129. The van der Waals surface area contributed by atoms with E-state index in [9.17, 15) is 14.4 Å².